The van der Waals surface area contributed by atoms with E-state index >= 15 is 0 Å². The lowest BCUT2D eigenvalue weighted by atomic mass is 9.97. The summed E-state index contributed by atoms with van der Waals surface area (Å²) in [5.74, 6) is 0.109. The Morgan fingerprint density at radius 2 is 1.84 bits per heavy atom. The van der Waals surface area contributed by atoms with Gasteiger partial charge in [0.1, 0.15) is 11.9 Å². The van der Waals surface area contributed by atoms with Gasteiger partial charge in [-0.1, -0.05) is 36.4 Å². The number of aromatic hydroxyl groups is 1. The lowest BCUT2D eigenvalue weighted by Crippen LogP contribution is -2.17. The van der Waals surface area contributed by atoms with Gasteiger partial charge in [-0.25, -0.2) is 9.59 Å². The molecule has 3 aromatic rings. The van der Waals surface area contributed by atoms with E-state index in [2.05, 4.69) is 5.32 Å². The monoisotopic (exact) mass is 421 g/mol. The fraction of sp³-hybridized carbons (Fsp3) is 0.130. The number of phenolic OH excluding ortho intramolecular Hbond substituents is 1. The molecule has 31 heavy (non-hydrogen) atoms. The third kappa shape index (κ3) is 4.53. The van der Waals surface area contributed by atoms with Gasteiger partial charge in [0, 0.05) is 35.2 Å². The van der Waals surface area contributed by atoms with Gasteiger partial charge in [-0.3, -0.25) is 5.32 Å². The van der Waals surface area contributed by atoms with E-state index in [4.69, 9.17) is 19.3 Å². The summed E-state index contributed by atoms with van der Waals surface area (Å²) in [6.07, 6.45) is 1.05. The van der Waals surface area contributed by atoms with E-state index in [0.29, 0.717) is 33.5 Å². The number of carbonyl (C=O) groups is 2. The van der Waals surface area contributed by atoms with Crippen LogP contribution in [-0.4, -0.2) is 29.1 Å². The second-order valence-corrected chi connectivity index (χ2v) is 6.78. The average molecular weight is 421 g/mol. The van der Waals surface area contributed by atoms with E-state index in [0.717, 1.165) is 6.08 Å². The van der Waals surface area contributed by atoms with E-state index < -0.39 is 18.2 Å². The molecule has 0 radical (unpaired) electrons. The fourth-order valence-corrected chi connectivity index (χ4v) is 3.37. The van der Waals surface area contributed by atoms with E-state index in [1.165, 1.54) is 12.1 Å². The average Bonchev–Trinajstić information content (AvgIpc) is 3.21. The Morgan fingerprint density at radius 1 is 1.06 bits per heavy atom. The zero-order valence-electron chi connectivity index (χ0n) is 16.3. The number of carboxylic acids is 1. The highest BCUT2D eigenvalue weighted by Gasteiger charge is 2.20. The van der Waals surface area contributed by atoms with Crippen LogP contribution in [-0.2, 0) is 9.53 Å². The van der Waals surface area contributed by atoms with Gasteiger partial charge >= 0.3 is 12.1 Å². The first kappa shape index (κ1) is 20.1. The van der Waals surface area contributed by atoms with Crippen molar-refractivity contribution >= 4 is 28.5 Å². The zero-order valence-corrected chi connectivity index (χ0v) is 16.3. The third-order valence-corrected chi connectivity index (χ3v) is 4.76. The first-order valence-corrected chi connectivity index (χ1v) is 9.48. The molecule has 0 bridgehead atoms. The summed E-state index contributed by atoms with van der Waals surface area (Å²) in [6, 6.07) is 15.3. The van der Waals surface area contributed by atoms with Crippen LogP contribution in [0.5, 0.6) is 17.2 Å². The number of anilines is 1. The highest BCUT2D eigenvalue weighted by molar-refractivity contribution is 5.91. The molecule has 0 unspecified atom stereocenters. The molecule has 8 heteroatoms. The standard InChI is InChI=1S/C23H19NO7/c25-18-10-9-17(15-4-1-2-5-16(15)18)19(6-3-7-22(26)27)31-23(28)24-14-8-11-20-21(12-14)30-13-29-20/h1-5,7-12,19,25H,6,13H2,(H,24,28)(H,26,27)/b7-3+/t19-/m0/s1. The molecule has 3 N–H and O–H groups in total. The fourth-order valence-electron chi connectivity index (χ4n) is 3.37. The Morgan fingerprint density at radius 3 is 2.65 bits per heavy atom. The van der Waals surface area contributed by atoms with Gasteiger partial charge in [-0.2, -0.15) is 0 Å². The molecule has 0 saturated carbocycles. The molecule has 4 rings (SSSR count). The van der Waals surface area contributed by atoms with Crippen LogP contribution in [0.2, 0.25) is 0 Å². The molecule has 1 amide bonds. The number of fused-ring (bicyclic) bond motifs is 2. The number of hydrogen-bond acceptors (Lipinski definition) is 6. The molecule has 3 aromatic carbocycles. The summed E-state index contributed by atoms with van der Waals surface area (Å²) < 4.78 is 16.2. The molecule has 1 atom stereocenters. The first-order valence-electron chi connectivity index (χ1n) is 9.48. The molecule has 0 saturated heterocycles. The van der Waals surface area contributed by atoms with Crippen LogP contribution < -0.4 is 14.8 Å². The van der Waals surface area contributed by atoms with Crippen molar-refractivity contribution < 1.29 is 34.0 Å². The number of ether oxygens (including phenoxy) is 3. The Kier molecular flexibility index (Phi) is 5.61. The number of nitrogens with one attached hydrogen (secondary N) is 1. The summed E-state index contributed by atoms with van der Waals surface area (Å²) >= 11 is 0. The number of aliphatic carboxylic acids is 1. The van der Waals surface area contributed by atoms with Crippen LogP contribution in [0.3, 0.4) is 0 Å². The molecule has 1 aliphatic rings. The predicted octanol–water partition coefficient (Wildman–Crippen LogP) is 4.59. The van der Waals surface area contributed by atoms with Crippen molar-refractivity contribution in [2.24, 2.45) is 0 Å². The topological polar surface area (TPSA) is 114 Å². The minimum absolute atomic E-state index is 0.101. The van der Waals surface area contributed by atoms with Crippen LogP contribution in [0.25, 0.3) is 10.8 Å². The Balaban J connectivity index is 1.59. The summed E-state index contributed by atoms with van der Waals surface area (Å²) in [7, 11) is 0. The first-order chi connectivity index (χ1) is 15.0. The lowest BCUT2D eigenvalue weighted by molar-refractivity contribution is -0.131. The van der Waals surface area contributed by atoms with Crippen LogP contribution in [0.4, 0.5) is 10.5 Å². The Hall–Kier alpha value is -4.20. The second kappa shape index (κ2) is 8.66. The highest BCUT2D eigenvalue weighted by Crippen LogP contribution is 2.36. The molecule has 0 fully saturated rings. The van der Waals surface area contributed by atoms with Crippen LogP contribution in [0.15, 0.2) is 66.7 Å². The Labute approximate surface area is 177 Å². The third-order valence-electron chi connectivity index (χ3n) is 4.76. The molecule has 0 aromatic heterocycles. The number of amides is 1. The van der Waals surface area contributed by atoms with E-state index in [1.807, 2.05) is 6.07 Å². The van der Waals surface area contributed by atoms with Crippen molar-refractivity contribution in [2.75, 3.05) is 12.1 Å². The number of hydrogen-bond donors (Lipinski definition) is 3. The second-order valence-electron chi connectivity index (χ2n) is 6.78. The number of benzene rings is 3. The number of carbonyl (C=O) groups excluding carboxylic acids is 1. The lowest BCUT2D eigenvalue weighted by Gasteiger charge is -2.19. The maximum absolute atomic E-state index is 12.6. The summed E-state index contributed by atoms with van der Waals surface area (Å²) in [4.78, 5) is 23.5. The molecular weight excluding hydrogens is 402 g/mol. The largest absolute Gasteiger partial charge is 0.507 e. The van der Waals surface area contributed by atoms with Crippen molar-refractivity contribution in [2.45, 2.75) is 12.5 Å². The van der Waals surface area contributed by atoms with Gasteiger partial charge in [0.2, 0.25) is 6.79 Å². The summed E-state index contributed by atoms with van der Waals surface area (Å²) in [5.41, 5.74) is 1.11. The van der Waals surface area contributed by atoms with Gasteiger partial charge in [0.25, 0.3) is 0 Å². The number of carboxylic acid groups (broad SMARTS) is 1. The van der Waals surface area contributed by atoms with Crippen molar-refractivity contribution in [3.8, 4) is 17.2 Å². The van der Waals surface area contributed by atoms with Crippen molar-refractivity contribution in [3.63, 3.8) is 0 Å². The van der Waals surface area contributed by atoms with Gasteiger partial charge in [0.05, 0.1) is 0 Å². The van der Waals surface area contributed by atoms with E-state index in [-0.39, 0.29) is 19.0 Å². The maximum atomic E-state index is 12.6. The minimum atomic E-state index is -1.10. The van der Waals surface area contributed by atoms with Crippen LogP contribution in [0, 0.1) is 0 Å². The maximum Gasteiger partial charge on any atom is 0.412 e. The quantitative estimate of drug-likeness (QED) is 0.499. The molecule has 1 heterocycles. The molecule has 158 valence electrons. The molecule has 0 aliphatic carbocycles. The van der Waals surface area contributed by atoms with Gasteiger partial charge in [-0.15, -0.1) is 0 Å². The van der Waals surface area contributed by atoms with Crippen LogP contribution >= 0.6 is 0 Å². The highest BCUT2D eigenvalue weighted by atomic mass is 16.7. The van der Waals surface area contributed by atoms with E-state index in [1.54, 1.807) is 42.5 Å². The minimum Gasteiger partial charge on any atom is -0.507 e. The van der Waals surface area contributed by atoms with Gasteiger partial charge in [0.15, 0.2) is 11.5 Å². The van der Waals surface area contributed by atoms with Crippen LogP contribution in [0.1, 0.15) is 18.1 Å². The SMILES string of the molecule is O=C(O)/C=C/C[C@H](OC(=O)Nc1ccc2c(c1)OCO2)c1ccc(O)c2ccccc12. The molecule has 1 aliphatic heterocycles. The molecule has 0 spiro atoms. The van der Waals surface area contributed by atoms with E-state index in [9.17, 15) is 14.7 Å². The molecular formula is C23H19NO7. The summed E-state index contributed by atoms with van der Waals surface area (Å²) in [6.45, 7) is 0.120. The smallest absolute Gasteiger partial charge is 0.412 e. The van der Waals surface area contributed by atoms with Gasteiger partial charge < -0.3 is 24.4 Å². The normalized spacial score (nSPS) is 13.3. The summed E-state index contributed by atoms with van der Waals surface area (Å²) in [5, 5.41) is 23.0. The van der Waals surface area contributed by atoms with Crippen molar-refractivity contribution in [3.05, 3.63) is 72.3 Å². The number of phenols is 1. The predicted molar refractivity (Wildman–Crippen MR) is 112 cm³/mol. The molecule has 8 nitrogen and oxygen atoms in total. The number of rotatable bonds is 6. The van der Waals surface area contributed by atoms with Gasteiger partial charge in [-0.05, 0) is 23.6 Å². The van der Waals surface area contributed by atoms with Crippen molar-refractivity contribution in [1.82, 2.24) is 0 Å². The zero-order chi connectivity index (χ0) is 21.8. The van der Waals surface area contributed by atoms with Crippen molar-refractivity contribution in [1.29, 1.82) is 0 Å². The Bertz CT molecular complexity index is 1170.